The third-order valence-corrected chi connectivity index (χ3v) is 12.2. The van der Waals surface area contributed by atoms with E-state index in [9.17, 15) is 14.7 Å². The van der Waals surface area contributed by atoms with Crippen LogP contribution in [0.15, 0.2) is 27.6 Å². The highest BCUT2D eigenvalue weighted by atomic mass is 16.6. The Bertz CT molecular complexity index is 1060. The molecule has 3 N–H and O–H groups in total. The van der Waals surface area contributed by atoms with Crippen LogP contribution in [-0.2, 0) is 4.74 Å². The van der Waals surface area contributed by atoms with E-state index in [0.717, 1.165) is 89.3 Å². The van der Waals surface area contributed by atoms with Crippen LogP contribution in [0.3, 0.4) is 0 Å². The molecule has 0 unspecified atom stereocenters. The first-order valence-corrected chi connectivity index (χ1v) is 15.2. The van der Waals surface area contributed by atoms with Crippen LogP contribution in [-0.4, -0.2) is 42.5 Å². The molecule has 1 aliphatic heterocycles. The van der Waals surface area contributed by atoms with Gasteiger partial charge in [-0.1, -0.05) is 13.8 Å². The van der Waals surface area contributed by atoms with Crippen molar-refractivity contribution in [2.24, 2.45) is 34.5 Å². The smallest absolute Gasteiger partial charge is 0.407 e. The van der Waals surface area contributed by atoms with Gasteiger partial charge in [0.15, 0.2) is 0 Å². The summed E-state index contributed by atoms with van der Waals surface area (Å²) in [7, 11) is 0. The SMILES string of the molecule is C[C@]12CC[C@H](OC(=O)NCC3CCNCC3)C[C@H]1CC[C@@H]1[C@@H]2CC[C@]2(C)[C@@H](c3ccc(=O)oc3)CC[C@]12O. The molecule has 4 saturated carbocycles. The van der Waals surface area contributed by atoms with Gasteiger partial charge in [0.05, 0.1) is 11.9 Å². The number of alkyl carbamates (subject to hydrolysis) is 1. The van der Waals surface area contributed by atoms with Crippen molar-refractivity contribution in [2.45, 2.75) is 102 Å². The van der Waals surface area contributed by atoms with Gasteiger partial charge in [-0.05, 0) is 130 Å². The quantitative estimate of drug-likeness (QED) is 0.512. The molecule has 2 heterocycles. The molecule has 0 aromatic carbocycles. The molecule has 7 heteroatoms. The van der Waals surface area contributed by atoms with E-state index in [4.69, 9.17) is 9.15 Å². The van der Waals surface area contributed by atoms with Crippen LogP contribution >= 0.6 is 0 Å². The van der Waals surface area contributed by atoms with Crippen molar-refractivity contribution in [1.82, 2.24) is 10.6 Å². The van der Waals surface area contributed by atoms with Gasteiger partial charge in [-0.15, -0.1) is 0 Å². The van der Waals surface area contributed by atoms with Crippen molar-refractivity contribution in [3.63, 3.8) is 0 Å². The zero-order valence-electron chi connectivity index (χ0n) is 23.2. The monoisotopic (exact) mass is 526 g/mol. The van der Waals surface area contributed by atoms with Crippen LogP contribution in [0.4, 0.5) is 4.79 Å². The molecule has 0 bridgehead atoms. The Morgan fingerprint density at radius 2 is 1.87 bits per heavy atom. The third kappa shape index (κ3) is 4.32. The summed E-state index contributed by atoms with van der Waals surface area (Å²) in [5.41, 5.74) is 0.0260. The van der Waals surface area contributed by atoms with Gasteiger partial charge < -0.3 is 24.9 Å². The largest absolute Gasteiger partial charge is 0.446 e. The number of piperidine rings is 1. The van der Waals surface area contributed by atoms with Gasteiger partial charge in [-0.25, -0.2) is 9.59 Å². The maximum atomic E-state index is 12.6. The fraction of sp³-hybridized carbons (Fsp3) is 0.806. The van der Waals surface area contributed by atoms with E-state index >= 15 is 0 Å². The highest BCUT2D eigenvalue weighted by Gasteiger charge is 2.67. The average molecular weight is 527 g/mol. The number of carbonyl (C=O) groups excluding carboxylic acids is 1. The van der Waals surface area contributed by atoms with Crippen LogP contribution in [0.1, 0.15) is 96.0 Å². The van der Waals surface area contributed by atoms with Gasteiger partial charge in [0.2, 0.25) is 0 Å². The van der Waals surface area contributed by atoms with Gasteiger partial charge in [0.25, 0.3) is 0 Å². The second kappa shape index (κ2) is 9.96. The number of hydrogen-bond acceptors (Lipinski definition) is 6. The highest BCUT2D eigenvalue weighted by molar-refractivity contribution is 5.67. The van der Waals surface area contributed by atoms with E-state index in [-0.39, 0.29) is 34.6 Å². The summed E-state index contributed by atoms with van der Waals surface area (Å²) in [6.07, 6.45) is 12.5. The van der Waals surface area contributed by atoms with Crippen molar-refractivity contribution in [3.05, 3.63) is 34.4 Å². The van der Waals surface area contributed by atoms with E-state index in [1.807, 2.05) is 6.07 Å². The predicted octanol–water partition coefficient (Wildman–Crippen LogP) is 4.98. The van der Waals surface area contributed by atoms with Gasteiger partial charge in [0.1, 0.15) is 6.10 Å². The zero-order chi connectivity index (χ0) is 26.5. The lowest BCUT2D eigenvalue weighted by Gasteiger charge is -2.63. The molecular formula is C31H46N2O5. The minimum absolute atomic E-state index is 0.00168. The summed E-state index contributed by atoms with van der Waals surface area (Å²) in [6.45, 7) is 7.53. The number of carbonyl (C=O) groups is 1. The fourth-order valence-corrected chi connectivity index (χ4v) is 9.90. The van der Waals surface area contributed by atoms with Gasteiger partial charge in [-0.2, -0.15) is 0 Å². The normalized spacial score (nSPS) is 43.0. The zero-order valence-corrected chi connectivity index (χ0v) is 23.2. The molecule has 0 spiro atoms. The first-order chi connectivity index (χ1) is 18.2. The van der Waals surface area contributed by atoms with Gasteiger partial charge in [0, 0.05) is 18.0 Å². The summed E-state index contributed by atoms with van der Waals surface area (Å²) in [6, 6.07) is 3.42. The number of hydrogen-bond donors (Lipinski definition) is 3. The maximum absolute atomic E-state index is 12.6. The lowest BCUT2D eigenvalue weighted by molar-refractivity contribution is -0.205. The van der Waals surface area contributed by atoms with Crippen molar-refractivity contribution in [3.8, 4) is 0 Å². The van der Waals surface area contributed by atoms with Crippen LogP contribution in [0.2, 0.25) is 0 Å². The van der Waals surface area contributed by atoms with E-state index in [0.29, 0.717) is 30.2 Å². The van der Waals surface area contributed by atoms with E-state index in [1.165, 1.54) is 6.07 Å². The van der Waals surface area contributed by atoms with Crippen molar-refractivity contribution in [1.29, 1.82) is 0 Å². The number of fused-ring (bicyclic) bond motifs is 5. The second-order valence-electron chi connectivity index (χ2n) is 13.7. The van der Waals surface area contributed by atoms with Crippen LogP contribution in [0, 0.1) is 34.5 Å². The Morgan fingerprint density at radius 3 is 2.63 bits per heavy atom. The molecule has 0 radical (unpaired) electrons. The topological polar surface area (TPSA) is 101 Å². The Kier molecular flexibility index (Phi) is 6.91. The molecular weight excluding hydrogens is 480 g/mol. The van der Waals surface area contributed by atoms with E-state index < -0.39 is 5.60 Å². The molecule has 4 aliphatic carbocycles. The number of aliphatic hydroxyl groups is 1. The molecule has 5 aliphatic rings. The molecule has 1 aromatic rings. The Balaban J connectivity index is 1.11. The molecule has 5 fully saturated rings. The first-order valence-electron chi connectivity index (χ1n) is 15.2. The highest BCUT2D eigenvalue weighted by Crippen LogP contribution is 2.70. The second-order valence-corrected chi connectivity index (χ2v) is 13.7. The van der Waals surface area contributed by atoms with Crippen molar-refractivity contribution >= 4 is 6.09 Å². The Morgan fingerprint density at radius 1 is 1.05 bits per heavy atom. The lowest BCUT2D eigenvalue weighted by Crippen LogP contribution is -2.62. The molecule has 7 nitrogen and oxygen atoms in total. The summed E-state index contributed by atoms with van der Waals surface area (Å²) >= 11 is 0. The molecule has 38 heavy (non-hydrogen) atoms. The Labute approximate surface area is 226 Å². The standard InChI is InChI=1S/C31H46N2O5/c1-29-12-7-23(38-28(35)33-18-20-10-15-32-16-11-20)17-22(29)4-5-26-25(29)8-13-30(2)24(9-14-31(26,30)36)21-3-6-27(34)37-19-21/h3,6,19-20,22-26,32,36H,4-5,7-18H2,1-2H3,(H,33,35)/t22-,23+,24-,25+,26-,29+,30-,31+/m1/s1. The molecule has 1 saturated heterocycles. The van der Waals surface area contributed by atoms with Crippen molar-refractivity contribution in [2.75, 3.05) is 19.6 Å². The summed E-state index contributed by atoms with van der Waals surface area (Å²) < 4.78 is 11.2. The number of nitrogens with one attached hydrogen (secondary N) is 2. The molecule has 1 amide bonds. The maximum Gasteiger partial charge on any atom is 0.407 e. The third-order valence-electron chi connectivity index (χ3n) is 12.2. The van der Waals surface area contributed by atoms with Crippen LogP contribution < -0.4 is 16.3 Å². The molecule has 1 aromatic heterocycles. The summed E-state index contributed by atoms with van der Waals surface area (Å²) in [5, 5.41) is 18.8. The molecule has 8 atom stereocenters. The summed E-state index contributed by atoms with van der Waals surface area (Å²) in [5.74, 6) is 2.10. The minimum Gasteiger partial charge on any atom is -0.446 e. The molecule has 210 valence electrons. The number of rotatable bonds is 4. The van der Waals surface area contributed by atoms with Crippen molar-refractivity contribution < 1.29 is 19.1 Å². The summed E-state index contributed by atoms with van der Waals surface area (Å²) in [4.78, 5) is 24.1. The molecule has 6 rings (SSSR count). The Hall–Kier alpha value is -1.86. The van der Waals surface area contributed by atoms with Crippen LogP contribution in [0.25, 0.3) is 0 Å². The predicted molar refractivity (Wildman–Crippen MR) is 145 cm³/mol. The van der Waals surface area contributed by atoms with Gasteiger partial charge in [-0.3, -0.25) is 0 Å². The minimum atomic E-state index is -0.688. The van der Waals surface area contributed by atoms with E-state index in [1.54, 1.807) is 6.26 Å². The number of amides is 1. The fourth-order valence-electron chi connectivity index (χ4n) is 9.90. The van der Waals surface area contributed by atoms with Crippen LogP contribution in [0.5, 0.6) is 0 Å². The van der Waals surface area contributed by atoms with E-state index in [2.05, 4.69) is 24.5 Å². The van der Waals surface area contributed by atoms with Gasteiger partial charge >= 0.3 is 11.7 Å². The first kappa shape index (κ1) is 26.4. The lowest BCUT2D eigenvalue weighted by atomic mass is 9.43. The number of ether oxygens (including phenoxy) is 1. The average Bonchev–Trinajstić information content (AvgIpc) is 3.20.